The Balaban J connectivity index is 1.52. The number of carbonyl (C=O) groups excluding carboxylic acids is 1. The molecule has 1 unspecified atom stereocenters. The Morgan fingerprint density at radius 3 is 2.13 bits per heavy atom. The van der Waals surface area contributed by atoms with Crippen LogP contribution < -0.4 is 4.74 Å². The fourth-order valence-corrected chi connectivity index (χ4v) is 4.17. The molecule has 0 N–H and O–H groups in total. The first-order chi connectivity index (χ1) is 14.5. The summed E-state index contributed by atoms with van der Waals surface area (Å²) in [5.74, 6) is 0.718. The van der Waals surface area contributed by atoms with E-state index in [1.807, 2.05) is 32.0 Å². The number of hydrogen-bond acceptors (Lipinski definition) is 3. The van der Waals surface area contributed by atoms with Crippen LogP contribution in [0.1, 0.15) is 116 Å². The van der Waals surface area contributed by atoms with Crippen LogP contribution in [0.2, 0.25) is 0 Å². The number of para-hydroxylation sites is 1. The molecule has 1 aliphatic rings. The monoisotopic (exact) mass is 416 g/mol. The molecule has 0 saturated heterocycles. The Kier molecular flexibility index (Phi) is 11.3. The van der Waals surface area contributed by atoms with Gasteiger partial charge in [-0.25, -0.2) is 0 Å². The number of aryl methyl sites for hydroxylation is 1. The molecule has 0 fully saturated rings. The first kappa shape index (κ1) is 24.8. The fraction of sp³-hybridized carbons (Fsp3) is 0.741. The smallest absolute Gasteiger partial charge is 0.314 e. The maximum Gasteiger partial charge on any atom is 0.314 e. The van der Waals surface area contributed by atoms with Crippen LogP contribution in [0.3, 0.4) is 0 Å². The zero-order valence-electron chi connectivity index (χ0n) is 19.7. The van der Waals surface area contributed by atoms with Crippen LogP contribution in [0, 0.1) is 5.41 Å². The molecule has 1 heterocycles. The summed E-state index contributed by atoms with van der Waals surface area (Å²) in [5, 5.41) is 0. The highest BCUT2D eigenvalue weighted by Gasteiger charge is 2.32. The molecule has 1 aromatic carbocycles. The quantitative estimate of drug-likeness (QED) is 0.215. The molecule has 0 amide bonds. The first-order valence-electron chi connectivity index (χ1n) is 12.5. The van der Waals surface area contributed by atoms with E-state index in [0.717, 1.165) is 31.4 Å². The number of hydrogen-bond donors (Lipinski definition) is 0. The molecule has 0 spiro atoms. The Bertz CT molecular complexity index is 608. The lowest BCUT2D eigenvalue weighted by molar-refractivity contribution is -0.176. The van der Waals surface area contributed by atoms with E-state index in [-0.39, 0.29) is 5.97 Å². The van der Waals surface area contributed by atoms with Crippen LogP contribution in [0.25, 0.3) is 0 Å². The maximum atomic E-state index is 12.7. The second-order valence-corrected chi connectivity index (χ2v) is 9.62. The summed E-state index contributed by atoms with van der Waals surface area (Å²) in [6.45, 7) is 6.28. The van der Waals surface area contributed by atoms with Crippen molar-refractivity contribution in [3.63, 3.8) is 0 Å². The SMILES string of the molecule is CCCCCCCCCCCCCCC(C)(C)C(=O)OC1CCc2ccccc2O1. The Morgan fingerprint density at radius 2 is 1.50 bits per heavy atom. The number of ether oxygens (including phenoxy) is 2. The van der Waals surface area contributed by atoms with Gasteiger partial charge in [0.05, 0.1) is 5.41 Å². The molecule has 0 radical (unpaired) electrons. The van der Waals surface area contributed by atoms with Gasteiger partial charge in [-0.05, 0) is 38.3 Å². The maximum absolute atomic E-state index is 12.7. The molecule has 3 nitrogen and oxygen atoms in total. The van der Waals surface area contributed by atoms with Crippen LogP contribution >= 0.6 is 0 Å². The molecular weight excluding hydrogens is 372 g/mol. The lowest BCUT2D eigenvalue weighted by atomic mass is 9.87. The highest BCUT2D eigenvalue weighted by Crippen LogP contribution is 2.31. The summed E-state index contributed by atoms with van der Waals surface area (Å²) < 4.78 is 11.6. The molecule has 0 aliphatic carbocycles. The van der Waals surface area contributed by atoms with Crippen molar-refractivity contribution in [1.29, 1.82) is 0 Å². The third kappa shape index (κ3) is 9.10. The highest BCUT2D eigenvalue weighted by molar-refractivity contribution is 5.76. The molecule has 0 aromatic heterocycles. The fourth-order valence-electron chi connectivity index (χ4n) is 4.17. The number of rotatable bonds is 15. The van der Waals surface area contributed by atoms with Gasteiger partial charge in [0.15, 0.2) is 0 Å². The molecular formula is C27H44O3. The van der Waals surface area contributed by atoms with E-state index >= 15 is 0 Å². The normalized spacial score (nSPS) is 16.0. The molecule has 0 saturated carbocycles. The summed E-state index contributed by atoms with van der Waals surface area (Å²) >= 11 is 0. The van der Waals surface area contributed by atoms with Gasteiger partial charge in [0.25, 0.3) is 0 Å². The van der Waals surface area contributed by atoms with E-state index < -0.39 is 11.7 Å². The molecule has 1 aliphatic heterocycles. The summed E-state index contributed by atoms with van der Waals surface area (Å²) in [6.07, 6.45) is 18.1. The van der Waals surface area contributed by atoms with Crippen LogP contribution in [0.4, 0.5) is 0 Å². The minimum Gasteiger partial charge on any atom is -0.454 e. The van der Waals surface area contributed by atoms with E-state index in [0.29, 0.717) is 0 Å². The zero-order chi connectivity index (χ0) is 21.7. The summed E-state index contributed by atoms with van der Waals surface area (Å²) in [5.41, 5.74) is 0.749. The average Bonchev–Trinajstić information content (AvgIpc) is 2.74. The topological polar surface area (TPSA) is 35.5 Å². The van der Waals surface area contributed by atoms with E-state index in [9.17, 15) is 4.79 Å². The molecule has 1 aromatic rings. The Labute approximate surface area is 184 Å². The van der Waals surface area contributed by atoms with Gasteiger partial charge in [0.1, 0.15) is 5.75 Å². The molecule has 2 rings (SSSR count). The number of esters is 1. The van der Waals surface area contributed by atoms with E-state index in [1.165, 1.54) is 76.2 Å². The van der Waals surface area contributed by atoms with Gasteiger partial charge >= 0.3 is 5.97 Å². The minimum absolute atomic E-state index is 0.130. The van der Waals surface area contributed by atoms with Crippen molar-refractivity contribution in [2.75, 3.05) is 0 Å². The lowest BCUT2D eigenvalue weighted by Crippen LogP contribution is -2.35. The van der Waals surface area contributed by atoms with Crippen LogP contribution in [-0.4, -0.2) is 12.3 Å². The van der Waals surface area contributed by atoms with Crippen molar-refractivity contribution in [3.05, 3.63) is 29.8 Å². The predicted octanol–water partition coefficient (Wildman–Crippen LogP) is 8.00. The van der Waals surface area contributed by atoms with Gasteiger partial charge < -0.3 is 9.47 Å². The minimum atomic E-state index is -0.450. The van der Waals surface area contributed by atoms with Gasteiger partial charge in [-0.2, -0.15) is 0 Å². The van der Waals surface area contributed by atoms with Crippen molar-refractivity contribution in [2.24, 2.45) is 5.41 Å². The van der Waals surface area contributed by atoms with Crippen LogP contribution in [-0.2, 0) is 16.0 Å². The predicted molar refractivity (Wildman–Crippen MR) is 125 cm³/mol. The van der Waals surface area contributed by atoms with Crippen LogP contribution in [0.5, 0.6) is 5.75 Å². The standard InChI is InChI=1S/C27H44O3/c1-4-5-6-7-8-9-10-11-12-13-14-17-22-27(2,3)26(28)30-25-21-20-23-18-15-16-19-24(23)29-25/h15-16,18-19,25H,4-14,17,20-22H2,1-3H3. The van der Waals surface area contributed by atoms with Crippen molar-refractivity contribution in [1.82, 2.24) is 0 Å². The Morgan fingerprint density at radius 1 is 0.933 bits per heavy atom. The summed E-state index contributed by atoms with van der Waals surface area (Å²) in [4.78, 5) is 12.7. The van der Waals surface area contributed by atoms with Crippen molar-refractivity contribution < 1.29 is 14.3 Å². The van der Waals surface area contributed by atoms with Gasteiger partial charge in [0, 0.05) is 6.42 Å². The highest BCUT2D eigenvalue weighted by atomic mass is 16.7. The van der Waals surface area contributed by atoms with Crippen molar-refractivity contribution in [3.8, 4) is 5.75 Å². The zero-order valence-corrected chi connectivity index (χ0v) is 19.7. The summed E-state index contributed by atoms with van der Waals surface area (Å²) in [7, 11) is 0. The molecule has 30 heavy (non-hydrogen) atoms. The molecule has 3 heteroatoms. The third-order valence-corrected chi connectivity index (χ3v) is 6.33. The lowest BCUT2D eigenvalue weighted by Gasteiger charge is -2.29. The first-order valence-corrected chi connectivity index (χ1v) is 12.5. The number of unbranched alkanes of at least 4 members (excludes halogenated alkanes) is 11. The van der Waals surface area contributed by atoms with E-state index in [4.69, 9.17) is 9.47 Å². The molecule has 1 atom stereocenters. The third-order valence-electron chi connectivity index (χ3n) is 6.33. The van der Waals surface area contributed by atoms with Crippen molar-refractivity contribution >= 4 is 5.97 Å². The Hall–Kier alpha value is -1.51. The number of benzene rings is 1. The van der Waals surface area contributed by atoms with Gasteiger partial charge in [-0.3, -0.25) is 4.79 Å². The second-order valence-electron chi connectivity index (χ2n) is 9.62. The number of fused-ring (bicyclic) bond motifs is 1. The molecule has 170 valence electrons. The molecule has 0 bridgehead atoms. The van der Waals surface area contributed by atoms with E-state index in [2.05, 4.69) is 13.0 Å². The van der Waals surface area contributed by atoms with Crippen LogP contribution in [0.15, 0.2) is 24.3 Å². The number of carbonyl (C=O) groups is 1. The van der Waals surface area contributed by atoms with Gasteiger partial charge in [0.2, 0.25) is 6.29 Å². The van der Waals surface area contributed by atoms with Gasteiger partial charge in [-0.1, -0.05) is 102 Å². The average molecular weight is 417 g/mol. The largest absolute Gasteiger partial charge is 0.454 e. The van der Waals surface area contributed by atoms with Crippen molar-refractivity contribution in [2.45, 2.75) is 123 Å². The summed E-state index contributed by atoms with van der Waals surface area (Å²) in [6, 6.07) is 8.00. The van der Waals surface area contributed by atoms with E-state index in [1.54, 1.807) is 0 Å². The second kappa shape index (κ2) is 13.7. The van der Waals surface area contributed by atoms with Gasteiger partial charge in [-0.15, -0.1) is 0 Å².